The standard InChI is InChI=1S/C10H20N4OS/c11-10(16)12-14-4-2-1-3-9(14)13-5-7-15-8-6-13/h9H,1-8H2,(H3,11,12,16). The first-order chi connectivity index (χ1) is 7.77. The summed E-state index contributed by atoms with van der Waals surface area (Å²) in [4.78, 5) is 2.45. The van der Waals surface area contributed by atoms with Gasteiger partial charge in [0.25, 0.3) is 0 Å². The van der Waals surface area contributed by atoms with Gasteiger partial charge in [-0.3, -0.25) is 10.3 Å². The van der Waals surface area contributed by atoms with Crippen molar-refractivity contribution in [2.24, 2.45) is 5.73 Å². The molecule has 16 heavy (non-hydrogen) atoms. The average Bonchev–Trinajstić information content (AvgIpc) is 2.30. The van der Waals surface area contributed by atoms with Crippen LogP contribution in [-0.4, -0.2) is 54.0 Å². The lowest BCUT2D eigenvalue weighted by molar-refractivity contribution is -0.0576. The van der Waals surface area contributed by atoms with Gasteiger partial charge in [0, 0.05) is 19.6 Å². The Morgan fingerprint density at radius 3 is 2.69 bits per heavy atom. The molecule has 0 bridgehead atoms. The van der Waals surface area contributed by atoms with Gasteiger partial charge in [-0.1, -0.05) is 0 Å². The van der Waals surface area contributed by atoms with Gasteiger partial charge in [0.1, 0.15) is 0 Å². The summed E-state index contributed by atoms with van der Waals surface area (Å²) in [7, 11) is 0. The van der Waals surface area contributed by atoms with Crippen molar-refractivity contribution >= 4 is 17.3 Å². The van der Waals surface area contributed by atoms with E-state index in [9.17, 15) is 0 Å². The van der Waals surface area contributed by atoms with Crippen LogP contribution in [0.3, 0.4) is 0 Å². The maximum atomic E-state index is 5.55. The van der Waals surface area contributed by atoms with E-state index in [2.05, 4.69) is 15.3 Å². The smallest absolute Gasteiger partial charge is 0.178 e. The van der Waals surface area contributed by atoms with Gasteiger partial charge in [-0.25, -0.2) is 5.01 Å². The maximum absolute atomic E-state index is 5.55. The number of piperidine rings is 1. The fourth-order valence-electron chi connectivity index (χ4n) is 2.44. The Morgan fingerprint density at radius 1 is 1.25 bits per heavy atom. The molecule has 2 rings (SSSR count). The summed E-state index contributed by atoms with van der Waals surface area (Å²) in [5.74, 6) is 0. The lowest BCUT2D eigenvalue weighted by Crippen LogP contribution is -2.60. The van der Waals surface area contributed by atoms with Crippen molar-refractivity contribution in [3.05, 3.63) is 0 Å². The Hall–Kier alpha value is -0.430. The zero-order valence-electron chi connectivity index (χ0n) is 9.52. The first kappa shape index (κ1) is 12.0. The molecule has 0 aromatic rings. The van der Waals surface area contributed by atoms with E-state index >= 15 is 0 Å². The summed E-state index contributed by atoms with van der Waals surface area (Å²) in [5.41, 5.74) is 8.64. The number of nitrogens with zero attached hydrogens (tertiary/aromatic N) is 2. The highest BCUT2D eigenvalue weighted by Crippen LogP contribution is 2.19. The number of hydrazine groups is 1. The SMILES string of the molecule is NC(=S)NN1CCCCC1N1CCOCC1. The predicted molar refractivity (Wildman–Crippen MR) is 66.7 cm³/mol. The first-order valence-electron chi connectivity index (χ1n) is 5.92. The van der Waals surface area contributed by atoms with Crippen molar-refractivity contribution in [2.45, 2.75) is 25.4 Å². The van der Waals surface area contributed by atoms with Crippen LogP contribution < -0.4 is 11.2 Å². The van der Waals surface area contributed by atoms with Crippen LogP contribution >= 0.6 is 12.2 Å². The number of rotatable bonds is 2. The molecule has 0 amide bonds. The third-order valence-electron chi connectivity index (χ3n) is 3.19. The number of hydrogen-bond acceptors (Lipinski definition) is 4. The van der Waals surface area contributed by atoms with Crippen LogP contribution in [-0.2, 0) is 4.74 Å². The number of nitrogens with one attached hydrogen (secondary N) is 1. The molecule has 3 N–H and O–H groups in total. The fraction of sp³-hybridized carbons (Fsp3) is 0.900. The quantitative estimate of drug-likeness (QED) is 0.661. The van der Waals surface area contributed by atoms with Crippen molar-refractivity contribution in [3.8, 4) is 0 Å². The molecule has 2 aliphatic rings. The molecule has 92 valence electrons. The van der Waals surface area contributed by atoms with Crippen LogP contribution in [0.4, 0.5) is 0 Å². The molecule has 5 nitrogen and oxygen atoms in total. The Balaban J connectivity index is 1.94. The fourth-order valence-corrected chi connectivity index (χ4v) is 2.56. The molecule has 2 heterocycles. The van der Waals surface area contributed by atoms with E-state index in [1.165, 1.54) is 19.3 Å². The molecule has 2 fully saturated rings. The summed E-state index contributed by atoms with van der Waals surface area (Å²) in [6.07, 6.45) is 4.07. The van der Waals surface area contributed by atoms with Crippen LogP contribution in [0.25, 0.3) is 0 Å². The van der Waals surface area contributed by atoms with E-state index in [1.807, 2.05) is 0 Å². The van der Waals surface area contributed by atoms with E-state index in [1.54, 1.807) is 0 Å². The Bertz CT molecular complexity index is 245. The second kappa shape index (κ2) is 5.77. The van der Waals surface area contributed by atoms with Gasteiger partial charge in [0.15, 0.2) is 5.11 Å². The van der Waals surface area contributed by atoms with Gasteiger partial charge in [-0.15, -0.1) is 0 Å². The molecule has 0 saturated carbocycles. The zero-order chi connectivity index (χ0) is 11.4. The van der Waals surface area contributed by atoms with Gasteiger partial charge in [0.05, 0.1) is 19.4 Å². The molecule has 1 atom stereocenters. The minimum atomic E-state index is 0.361. The highest BCUT2D eigenvalue weighted by Gasteiger charge is 2.29. The van der Waals surface area contributed by atoms with Crippen molar-refractivity contribution in [2.75, 3.05) is 32.8 Å². The molecule has 0 radical (unpaired) electrons. The minimum absolute atomic E-state index is 0.361. The number of nitrogens with two attached hydrogens (primary N) is 1. The Kier molecular flexibility index (Phi) is 4.34. The molecule has 0 spiro atoms. The zero-order valence-corrected chi connectivity index (χ0v) is 10.3. The lowest BCUT2D eigenvalue weighted by atomic mass is 10.1. The second-order valence-electron chi connectivity index (χ2n) is 4.29. The van der Waals surface area contributed by atoms with Crippen molar-refractivity contribution < 1.29 is 4.74 Å². The molecule has 2 saturated heterocycles. The van der Waals surface area contributed by atoms with Crippen LogP contribution in [0, 0.1) is 0 Å². The van der Waals surface area contributed by atoms with E-state index in [4.69, 9.17) is 22.7 Å². The van der Waals surface area contributed by atoms with Crippen LogP contribution in [0.2, 0.25) is 0 Å². The summed E-state index contributed by atoms with van der Waals surface area (Å²) in [6.45, 7) is 4.68. The summed E-state index contributed by atoms with van der Waals surface area (Å²) in [6, 6.07) is 0. The lowest BCUT2D eigenvalue weighted by Gasteiger charge is -2.43. The number of hydrogen-bond donors (Lipinski definition) is 2. The molecular weight excluding hydrogens is 224 g/mol. The highest BCUT2D eigenvalue weighted by molar-refractivity contribution is 7.80. The van der Waals surface area contributed by atoms with Crippen molar-refractivity contribution in [3.63, 3.8) is 0 Å². The molecule has 2 aliphatic heterocycles. The van der Waals surface area contributed by atoms with Crippen molar-refractivity contribution in [1.82, 2.24) is 15.3 Å². The van der Waals surface area contributed by atoms with Gasteiger partial charge in [0.2, 0.25) is 0 Å². The largest absolute Gasteiger partial charge is 0.379 e. The van der Waals surface area contributed by atoms with Crippen molar-refractivity contribution in [1.29, 1.82) is 0 Å². The average molecular weight is 244 g/mol. The van der Waals surface area contributed by atoms with E-state index in [-0.39, 0.29) is 0 Å². The third-order valence-corrected chi connectivity index (χ3v) is 3.28. The highest BCUT2D eigenvalue weighted by atomic mass is 32.1. The topological polar surface area (TPSA) is 53.8 Å². The van der Waals surface area contributed by atoms with Crippen LogP contribution in [0.1, 0.15) is 19.3 Å². The predicted octanol–water partition coefficient (Wildman–Crippen LogP) is -0.121. The van der Waals surface area contributed by atoms with Gasteiger partial charge in [-0.2, -0.15) is 0 Å². The molecule has 1 unspecified atom stereocenters. The number of morpholine rings is 1. The molecule has 0 aliphatic carbocycles. The van der Waals surface area contributed by atoms with Crippen LogP contribution in [0.5, 0.6) is 0 Å². The molecule has 0 aromatic carbocycles. The third kappa shape index (κ3) is 3.04. The normalized spacial score (nSPS) is 28.9. The summed E-state index contributed by atoms with van der Waals surface area (Å²) >= 11 is 4.91. The van der Waals surface area contributed by atoms with E-state index < -0.39 is 0 Å². The molecular formula is C10H20N4OS. The first-order valence-corrected chi connectivity index (χ1v) is 6.33. The minimum Gasteiger partial charge on any atom is -0.379 e. The number of ether oxygens (including phenoxy) is 1. The van der Waals surface area contributed by atoms with Gasteiger partial charge in [-0.05, 0) is 31.5 Å². The molecule has 0 aromatic heterocycles. The Labute approximate surface area is 102 Å². The monoisotopic (exact) mass is 244 g/mol. The number of thiocarbonyl (C=S) groups is 1. The maximum Gasteiger partial charge on any atom is 0.178 e. The van der Waals surface area contributed by atoms with Crippen LogP contribution in [0.15, 0.2) is 0 Å². The Morgan fingerprint density at radius 2 is 2.00 bits per heavy atom. The summed E-state index contributed by atoms with van der Waals surface area (Å²) < 4.78 is 5.38. The van der Waals surface area contributed by atoms with Gasteiger partial charge < -0.3 is 10.5 Å². The van der Waals surface area contributed by atoms with Gasteiger partial charge >= 0.3 is 0 Å². The summed E-state index contributed by atoms with van der Waals surface area (Å²) in [5, 5.41) is 2.54. The van der Waals surface area contributed by atoms with E-state index in [0.717, 1.165) is 32.8 Å². The van der Waals surface area contributed by atoms with E-state index in [0.29, 0.717) is 11.3 Å². The molecule has 6 heteroatoms. The second-order valence-corrected chi connectivity index (χ2v) is 4.73.